The molecule has 0 aliphatic heterocycles. The Labute approximate surface area is 166 Å². The first-order valence-corrected chi connectivity index (χ1v) is 12.1. The first kappa shape index (κ1) is 19.9. The molecule has 6 nitrogen and oxygen atoms in total. The van der Waals surface area contributed by atoms with Crippen LogP contribution in [0.5, 0.6) is 0 Å². The monoisotopic (exact) mass is 423 g/mol. The van der Waals surface area contributed by atoms with Gasteiger partial charge in [0.2, 0.25) is 10.0 Å². The van der Waals surface area contributed by atoms with E-state index in [4.69, 9.17) is 0 Å². The van der Waals surface area contributed by atoms with Crippen molar-refractivity contribution in [2.45, 2.75) is 13.3 Å². The Hall–Kier alpha value is -1.81. The first-order chi connectivity index (χ1) is 12.9. The summed E-state index contributed by atoms with van der Waals surface area (Å²) in [6.07, 6.45) is 1.77. The molecule has 2 heterocycles. The smallest absolute Gasteiger partial charge is 0.261 e. The lowest BCUT2D eigenvalue weighted by Gasteiger charge is -2.17. The summed E-state index contributed by atoms with van der Waals surface area (Å²) in [5.74, 6) is -0.144. The Morgan fingerprint density at radius 1 is 1.19 bits per heavy atom. The number of amides is 1. The summed E-state index contributed by atoms with van der Waals surface area (Å²) in [7, 11) is -3.19. The number of thiophene rings is 1. The number of sulfonamides is 1. The van der Waals surface area contributed by atoms with E-state index in [1.807, 2.05) is 30.3 Å². The van der Waals surface area contributed by atoms with E-state index in [0.717, 1.165) is 20.1 Å². The van der Waals surface area contributed by atoms with Gasteiger partial charge in [0.15, 0.2) is 0 Å². The molecule has 3 rings (SSSR count). The molecule has 9 heteroatoms. The Balaban J connectivity index is 1.57. The Kier molecular flexibility index (Phi) is 6.25. The molecule has 3 aromatic rings. The quantitative estimate of drug-likeness (QED) is 0.563. The highest BCUT2D eigenvalue weighted by molar-refractivity contribution is 7.88. The van der Waals surface area contributed by atoms with E-state index >= 15 is 0 Å². The number of hydrogen-bond donors (Lipinski definition) is 1. The molecule has 1 N–H and O–H groups in total. The fraction of sp³-hybridized carbons (Fsp3) is 0.333. The van der Waals surface area contributed by atoms with Crippen LogP contribution in [0.2, 0.25) is 0 Å². The summed E-state index contributed by atoms with van der Waals surface area (Å²) in [6, 6.07) is 11.7. The van der Waals surface area contributed by atoms with E-state index in [-0.39, 0.29) is 5.91 Å². The maximum atomic E-state index is 12.3. The molecule has 0 aliphatic rings. The molecule has 0 saturated heterocycles. The topological polar surface area (TPSA) is 79.4 Å². The standard InChI is InChI=1S/C18H21N3O3S3/c1-3-21(27(2,23)24)12-6-11-19-17(22)15-9-10-16(25-15)18-20-13-7-4-5-8-14(13)26-18/h4-5,7-10H,3,6,11-12H2,1-2H3,(H,19,22). The second-order valence-corrected chi connectivity index (χ2v) is 10.1. The summed E-state index contributed by atoms with van der Waals surface area (Å²) in [5.41, 5.74) is 0.961. The molecule has 0 aliphatic carbocycles. The van der Waals surface area contributed by atoms with Gasteiger partial charge in [0.1, 0.15) is 5.01 Å². The number of carbonyl (C=O) groups is 1. The number of benzene rings is 1. The van der Waals surface area contributed by atoms with Crippen LogP contribution in [-0.2, 0) is 10.0 Å². The molecule has 0 radical (unpaired) electrons. The summed E-state index contributed by atoms with van der Waals surface area (Å²) >= 11 is 3.02. The number of fused-ring (bicyclic) bond motifs is 1. The summed E-state index contributed by atoms with van der Waals surface area (Å²) in [4.78, 5) is 18.5. The van der Waals surface area contributed by atoms with Crippen molar-refractivity contribution in [3.63, 3.8) is 0 Å². The van der Waals surface area contributed by atoms with Crippen molar-refractivity contribution in [1.82, 2.24) is 14.6 Å². The first-order valence-electron chi connectivity index (χ1n) is 8.57. The van der Waals surface area contributed by atoms with E-state index in [1.165, 1.54) is 21.9 Å². The van der Waals surface area contributed by atoms with Crippen LogP contribution in [0, 0.1) is 0 Å². The van der Waals surface area contributed by atoms with Crippen molar-refractivity contribution in [1.29, 1.82) is 0 Å². The van der Waals surface area contributed by atoms with E-state index in [0.29, 0.717) is 30.9 Å². The van der Waals surface area contributed by atoms with Crippen LogP contribution in [0.4, 0.5) is 0 Å². The average molecular weight is 424 g/mol. The fourth-order valence-corrected chi connectivity index (χ4v) is 5.53. The largest absolute Gasteiger partial charge is 0.351 e. The van der Waals surface area contributed by atoms with Gasteiger partial charge >= 0.3 is 0 Å². The second-order valence-electron chi connectivity index (χ2n) is 6.01. The molecule has 1 aromatic carbocycles. The van der Waals surface area contributed by atoms with E-state index in [2.05, 4.69) is 10.3 Å². The lowest BCUT2D eigenvalue weighted by molar-refractivity contribution is 0.0957. The zero-order valence-electron chi connectivity index (χ0n) is 15.1. The van der Waals surface area contributed by atoms with Crippen molar-refractivity contribution in [3.05, 3.63) is 41.3 Å². The Morgan fingerprint density at radius 3 is 2.67 bits per heavy atom. The minimum Gasteiger partial charge on any atom is -0.351 e. The van der Waals surface area contributed by atoms with Crippen molar-refractivity contribution in [2.24, 2.45) is 0 Å². The van der Waals surface area contributed by atoms with Gasteiger partial charge in [-0.1, -0.05) is 19.1 Å². The van der Waals surface area contributed by atoms with Crippen LogP contribution in [0.1, 0.15) is 23.0 Å². The lowest BCUT2D eigenvalue weighted by Crippen LogP contribution is -2.33. The minimum absolute atomic E-state index is 0.144. The van der Waals surface area contributed by atoms with E-state index < -0.39 is 10.0 Å². The van der Waals surface area contributed by atoms with Gasteiger partial charge in [0.25, 0.3) is 5.91 Å². The summed E-state index contributed by atoms with van der Waals surface area (Å²) in [6.45, 7) is 3.06. The highest BCUT2D eigenvalue weighted by Crippen LogP contribution is 2.34. The highest BCUT2D eigenvalue weighted by atomic mass is 32.2. The van der Waals surface area contributed by atoms with Gasteiger partial charge < -0.3 is 5.32 Å². The molecule has 0 saturated carbocycles. The summed E-state index contributed by atoms with van der Waals surface area (Å²) < 4.78 is 25.6. The normalized spacial score (nSPS) is 12.0. The van der Waals surface area contributed by atoms with Crippen LogP contribution in [0.15, 0.2) is 36.4 Å². The highest BCUT2D eigenvalue weighted by Gasteiger charge is 2.15. The van der Waals surface area contributed by atoms with Crippen LogP contribution < -0.4 is 5.32 Å². The maximum Gasteiger partial charge on any atom is 0.261 e. The molecular weight excluding hydrogens is 402 g/mol. The zero-order chi connectivity index (χ0) is 19.4. The Bertz CT molecular complexity index is 1010. The second kappa shape index (κ2) is 8.47. The van der Waals surface area contributed by atoms with E-state index in [1.54, 1.807) is 24.3 Å². The Morgan fingerprint density at radius 2 is 1.96 bits per heavy atom. The van der Waals surface area contributed by atoms with Crippen LogP contribution >= 0.6 is 22.7 Å². The molecule has 27 heavy (non-hydrogen) atoms. The maximum absolute atomic E-state index is 12.3. The van der Waals surface area contributed by atoms with Gasteiger partial charge in [-0.25, -0.2) is 17.7 Å². The fourth-order valence-electron chi connectivity index (χ4n) is 2.66. The lowest BCUT2D eigenvalue weighted by atomic mass is 10.3. The number of aromatic nitrogens is 1. The van der Waals surface area contributed by atoms with Crippen LogP contribution in [0.3, 0.4) is 0 Å². The number of para-hydroxylation sites is 1. The molecule has 2 aromatic heterocycles. The van der Waals surface area contributed by atoms with Gasteiger partial charge in [-0.3, -0.25) is 4.79 Å². The van der Waals surface area contributed by atoms with Crippen molar-refractivity contribution < 1.29 is 13.2 Å². The molecule has 0 atom stereocenters. The van der Waals surface area contributed by atoms with Crippen LogP contribution in [0.25, 0.3) is 20.1 Å². The number of thiazole rings is 1. The third kappa shape index (κ3) is 4.92. The third-order valence-electron chi connectivity index (χ3n) is 4.03. The predicted molar refractivity (Wildman–Crippen MR) is 112 cm³/mol. The van der Waals surface area contributed by atoms with Gasteiger partial charge in [0, 0.05) is 19.6 Å². The van der Waals surface area contributed by atoms with Crippen LogP contribution in [-0.4, -0.2) is 49.5 Å². The van der Waals surface area contributed by atoms with Crippen molar-refractivity contribution >= 4 is 48.8 Å². The molecule has 0 bridgehead atoms. The van der Waals surface area contributed by atoms with Crippen molar-refractivity contribution in [3.8, 4) is 9.88 Å². The summed E-state index contributed by atoms with van der Waals surface area (Å²) in [5, 5.41) is 3.76. The molecule has 0 unspecified atom stereocenters. The minimum atomic E-state index is -3.19. The van der Waals surface area contributed by atoms with Gasteiger partial charge in [-0.15, -0.1) is 22.7 Å². The number of rotatable bonds is 8. The number of nitrogens with zero attached hydrogens (tertiary/aromatic N) is 2. The molecule has 0 spiro atoms. The predicted octanol–water partition coefficient (Wildman–Crippen LogP) is 3.43. The van der Waals surface area contributed by atoms with E-state index in [9.17, 15) is 13.2 Å². The number of carbonyl (C=O) groups excluding carboxylic acids is 1. The van der Waals surface area contributed by atoms with Crippen molar-refractivity contribution in [2.75, 3.05) is 25.9 Å². The number of nitrogens with one attached hydrogen (secondary N) is 1. The zero-order valence-corrected chi connectivity index (χ0v) is 17.6. The molecule has 1 amide bonds. The molecule has 144 valence electrons. The van der Waals surface area contributed by atoms with Gasteiger partial charge in [-0.2, -0.15) is 0 Å². The van der Waals surface area contributed by atoms with Gasteiger partial charge in [0.05, 0.1) is 26.2 Å². The molecular formula is C18H21N3O3S3. The number of hydrogen-bond acceptors (Lipinski definition) is 6. The molecule has 0 fully saturated rings. The third-order valence-corrected chi connectivity index (χ3v) is 7.69. The average Bonchev–Trinajstić information content (AvgIpc) is 3.27. The SMILES string of the molecule is CCN(CCCNC(=O)c1ccc(-c2nc3ccccc3s2)s1)S(C)(=O)=O. The van der Waals surface area contributed by atoms with Gasteiger partial charge in [-0.05, 0) is 30.7 Å².